The van der Waals surface area contributed by atoms with Gasteiger partial charge < -0.3 is 10.1 Å². The van der Waals surface area contributed by atoms with Crippen molar-refractivity contribution in [2.45, 2.75) is 24.7 Å². The zero-order valence-electron chi connectivity index (χ0n) is 18.0. The molecule has 34 heavy (non-hydrogen) atoms. The van der Waals surface area contributed by atoms with Crippen LogP contribution in [0.2, 0.25) is 5.02 Å². The lowest BCUT2D eigenvalue weighted by Gasteiger charge is -2.14. The van der Waals surface area contributed by atoms with Gasteiger partial charge in [0, 0.05) is 11.8 Å². The maximum absolute atomic E-state index is 12.5. The highest BCUT2D eigenvalue weighted by Crippen LogP contribution is 2.35. The Morgan fingerprint density at radius 3 is 2.35 bits per heavy atom. The molecular formula is C24H19ClN4O4S. The van der Waals surface area contributed by atoms with Gasteiger partial charge in [-0.25, -0.2) is 13.6 Å². The van der Waals surface area contributed by atoms with Crippen LogP contribution in [-0.4, -0.2) is 14.3 Å². The molecule has 0 unspecified atom stereocenters. The second-order valence-corrected chi connectivity index (χ2v) is 9.19. The van der Waals surface area contributed by atoms with E-state index in [0.717, 1.165) is 5.56 Å². The molecule has 0 saturated heterocycles. The van der Waals surface area contributed by atoms with Gasteiger partial charge in [-0.05, 0) is 53.9 Å². The molecule has 0 atom stereocenters. The molecule has 3 aromatic rings. The largest absolute Gasteiger partial charge is 0.455 e. The van der Waals surface area contributed by atoms with Gasteiger partial charge in [0.1, 0.15) is 22.6 Å². The van der Waals surface area contributed by atoms with E-state index in [0.29, 0.717) is 23.4 Å². The molecule has 3 rings (SSSR count). The quantitative estimate of drug-likeness (QED) is 0.501. The Kier molecular flexibility index (Phi) is 7.54. The van der Waals surface area contributed by atoms with Crippen molar-refractivity contribution < 1.29 is 17.9 Å². The van der Waals surface area contributed by atoms with E-state index in [1.807, 2.05) is 25.1 Å². The van der Waals surface area contributed by atoms with Gasteiger partial charge in [-0.2, -0.15) is 10.5 Å². The van der Waals surface area contributed by atoms with Crippen molar-refractivity contribution in [3.05, 3.63) is 81.9 Å². The number of nitrogens with zero attached hydrogens (tertiary/aromatic N) is 2. The van der Waals surface area contributed by atoms with Crippen molar-refractivity contribution in [2.24, 2.45) is 5.14 Å². The third-order valence-electron chi connectivity index (χ3n) is 4.85. The first-order valence-corrected chi connectivity index (χ1v) is 11.9. The SMILES string of the molecule is CCc1ccc(CC(=O)Nc2ccc(S(N)(=O)=O)cc2)cc1Oc1cc(C#N)cc(C#N)c1Cl. The van der Waals surface area contributed by atoms with Gasteiger partial charge >= 0.3 is 0 Å². The number of amides is 1. The predicted octanol–water partition coefficient (Wildman–Crippen LogP) is 4.27. The van der Waals surface area contributed by atoms with Crippen LogP contribution in [0.3, 0.4) is 0 Å². The predicted molar refractivity (Wildman–Crippen MR) is 127 cm³/mol. The Hall–Kier alpha value is -3.89. The molecule has 0 aliphatic rings. The number of sulfonamides is 1. The Balaban J connectivity index is 1.81. The van der Waals surface area contributed by atoms with Crippen molar-refractivity contribution in [1.82, 2.24) is 0 Å². The number of benzene rings is 3. The molecule has 0 saturated carbocycles. The van der Waals surface area contributed by atoms with Crippen molar-refractivity contribution in [3.63, 3.8) is 0 Å². The summed E-state index contributed by atoms with van der Waals surface area (Å²) in [6.45, 7) is 1.94. The number of nitriles is 2. The summed E-state index contributed by atoms with van der Waals surface area (Å²) in [5.41, 5.74) is 2.28. The number of hydrogen-bond acceptors (Lipinski definition) is 6. The lowest BCUT2D eigenvalue weighted by Crippen LogP contribution is -2.15. The number of hydrogen-bond donors (Lipinski definition) is 2. The van der Waals surface area contributed by atoms with E-state index in [2.05, 4.69) is 5.32 Å². The highest BCUT2D eigenvalue weighted by atomic mass is 35.5. The number of carbonyl (C=O) groups excluding carboxylic acids is 1. The number of aryl methyl sites for hydroxylation is 1. The molecule has 0 aliphatic carbocycles. The van der Waals surface area contributed by atoms with Crippen LogP contribution >= 0.6 is 11.6 Å². The van der Waals surface area contributed by atoms with Crippen LogP contribution in [0, 0.1) is 22.7 Å². The normalized spacial score (nSPS) is 10.7. The van der Waals surface area contributed by atoms with Gasteiger partial charge in [-0.1, -0.05) is 30.7 Å². The molecule has 0 spiro atoms. The highest BCUT2D eigenvalue weighted by molar-refractivity contribution is 7.89. The zero-order chi connectivity index (χ0) is 24.9. The highest BCUT2D eigenvalue weighted by Gasteiger charge is 2.15. The lowest BCUT2D eigenvalue weighted by molar-refractivity contribution is -0.115. The maximum Gasteiger partial charge on any atom is 0.238 e. The maximum atomic E-state index is 12.5. The van der Waals surface area contributed by atoms with Gasteiger partial charge in [-0.15, -0.1) is 0 Å². The molecular weight excluding hydrogens is 476 g/mol. The number of carbonyl (C=O) groups is 1. The average molecular weight is 495 g/mol. The Labute approximate surface area is 202 Å². The standard InChI is InChI=1S/C24H19ClN4O4S/c1-2-17-4-3-15(12-23(30)29-19-5-7-20(8-6-19)34(28,31)32)10-21(17)33-22-11-16(13-26)9-18(14-27)24(22)25/h3-11H,2,12H2,1H3,(H,29,30)(H2,28,31,32). The fourth-order valence-electron chi connectivity index (χ4n) is 3.15. The van der Waals surface area contributed by atoms with Crippen LogP contribution in [-0.2, 0) is 27.7 Å². The van der Waals surface area contributed by atoms with Crippen LogP contribution in [0.5, 0.6) is 11.5 Å². The van der Waals surface area contributed by atoms with Gasteiger partial charge in [-0.3, -0.25) is 4.79 Å². The van der Waals surface area contributed by atoms with E-state index in [1.165, 1.54) is 36.4 Å². The summed E-state index contributed by atoms with van der Waals surface area (Å²) >= 11 is 6.27. The molecule has 0 heterocycles. The summed E-state index contributed by atoms with van der Waals surface area (Å²) in [4.78, 5) is 12.5. The molecule has 10 heteroatoms. The first-order chi connectivity index (χ1) is 16.1. The number of rotatable bonds is 7. The third-order valence-corrected chi connectivity index (χ3v) is 6.17. The van der Waals surface area contributed by atoms with Crippen molar-refractivity contribution in [2.75, 3.05) is 5.32 Å². The van der Waals surface area contributed by atoms with Crippen molar-refractivity contribution >= 4 is 33.2 Å². The molecule has 3 N–H and O–H groups in total. The Morgan fingerprint density at radius 2 is 1.76 bits per heavy atom. The van der Waals surface area contributed by atoms with E-state index in [9.17, 15) is 23.7 Å². The van der Waals surface area contributed by atoms with Gasteiger partial charge in [0.05, 0.1) is 28.5 Å². The van der Waals surface area contributed by atoms with Gasteiger partial charge in [0.15, 0.2) is 0 Å². The second kappa shape index (κ2) is 10.4. The molecule has 0 fully saturated rings. The summed E-state index contributed by atoms with van der Waals surface area (Å²) in [5, 5.41) is 26.4. The molecule has 1 amide bonds. The number of nitrogens with one attached hydrogen (secondary N) is 1. The average Bonchev–Trinajstić information content (AvgIpc) is 2.80. The van der Waals surface area contributed by atoms with Crippen LogP contribution in [0.25, 0.3) is 0 Å². The number of halogens is 1. The Morgan fingerprint density at radius 1 is 1.06 bits per heavy atom. The summed E-state index contributed by atoms with van der Waals surface area (Å²) in [7, 11) is -3.82. The molecule has 0 bridgehead atoms. The molecule has 8 nitrogen and oxygen atoms in total. The summed E-state index contributed by atoms with van der Waals surface area (Å²) in [6, 6.07) is 17.6. The molecule has 0 aromatic heterocycles. The summed E-state index contributed by atoms with van der Waals surface area (Å²) in [6.07, 6.45) is 0.658. The first kappa shape index (κ1) is 24.7. The second-order valence-electron chi connectivity index (χ2n) is 7.25. The van der Waals surface area contributed by atoms with Crippen molar-refractivity contribution in [1.29, 1.82) is 10.5 Å². The summed E-state index contributed by atoms with van der Waals surface area (Å²) in [5.74, 6) is 0.296. The molecule has 0 radical (unpaired) electrons. The van der Waals surface area contributed by atoms with E-state index in [1.54, 1.807) is 12.1 Å². The van der Waals surface area contributed by atoms with E-state index in [-0.39, 0.29) is 39.1 Å². The van der Waals surface area contributed by atoms with Crippen LogP contribution < -0.4 is 15.2 Å². The minimum absolute atomic E-state index is 0.0205. The Bertz CT molecular complexity index is 1440. The topological polar surface area (TPSA) is 146 Å². The van der Waals surface area contributed by atoms with Crippen molar-refractivity contribution in [3.8, 4) is 23.6 Å². The number of primary sulfonamides is 1. The number of nitrogens with two attached hydrogens (primary N) is 1. The monoisotopic (exact) mass is 494 g/mol. The molecule has 0 aliphatic heterocycles. The minimum Gasteiger partial charge on any atom is -0.455 e. The fourth-order valence-corrected chi connectivity index (χ4v) is 3.86. The first-order valence-electron chi connectivity index (χ1n) is 10.0. The van der Waals surface area contributed by atoms with E-state index < -0.39 is 10.0 Å². The van der Waals surface area contributed by atoms with Crippen LogP contribution in [0.15, 0.2) is 59.5 Å². The molecule has 172 valence electrons. The number of anilines is 1. The zero-order valence-corrected chi connectivity index (χ0v) is 19.6. The minimum atomic E-state index is -3.82. The molecule has 3 aromatic carbocycles. The van der Waals surface area contributed by atoms with Crippen LogP contribution in [0.1, 0.15) is 29.2 Å². The lowest BCUT2D eigenvalue weighted by atomic mass is 10.1. The third kappa shape index (κ3) is 5.91. The number of ether oxygens (including phenoxy) is 1. The van der Waals surface area contributed by atoms with E-state index >= 15 is 0 Å². The summed E-state index contributed by atoms with van der Waals surface area (Å²) < 4.78 is 28.7. The van der Waals surface area contributed by atoms with Gasteiger partial charge in [0.25, 0.3) is 0 Å². The van der Waals surface area contributed by atoms with Gasteiger partial charge in [0.2, 0.25) is 15.9 Å². The van der Waals surface area contributed by atoms with Crippen LogP contribution in [0.4, 0.5) is 5.69 Å². The smallest absolute Gasteiger partial charge is 0.238 e. The fraction of sp³-hybridized carbons (Fsp3) is 0.125. The van der Waals surface area contributed by atoms with E-state index in [4.69, 9.17) is 21.5 Å².